The largest absolute Gasteiger partial charge is 0.573 e. The Kier molecular flexibility index (Phi) is 5.25. The molecular formula is C14H11F3N2O6S. The zero-order chi connectivity index (χ0) is 19.5. The highest BCUT2D eigenvalue weighted by atomic mass is 32.2. The third kappa shape index (κ3) is 4.75. The molecule has 0 bridgehead atoms. The summed E-state index contributed by atoms with van der Waals surface area (Å²) in [6, 6.07) is 6.73. The number of alkyl halides is 3. The van der Waals surface area contributed by atoms with Crippen LogP contribution in [-0.2, 0) is 10.0 Å². The number of halogens is 3. The summed E-state index contributed by atoms with van der Waals surface area (Å²) in [6.45, 7) is 0. The fourth-order valence-electron chi connectivity index (χ4n) is 1.91. The van der Waals surface area contributed by atoms with E-state index in [1.165, 1.54) is 13.2 Å². The second-order valence-corrected chi connectivity index (χ2v) is 6.45. The zero-order valence-electron chi connectivity index (χ0n) is 13.0. The maximum absolute atomic E-state index is 12.3. The highest BCUT2D eigenvalue weighted by Crippen LogP contribution is 2.31. The average molecular weight is 392 g/mol. The maximum Gasteiger partial charge on any atom is 0.573 e. The minimum Gasteiger partial charge on any atom is -0.495 e. The van der Waals surface area contributed by atoms with E-state index in [0.29, 0.717) is 0 Å². The van der Waals surface area contributed by atoms with Crippen molar-refractivity contribution in [2.45, 2.75) is 11.3 Å². The van der Waals surface area contributed by atoms with Crippen LogP contribution >= 0.6 is 0 Å². The number of sulfonamides is 1. The number of non-ortho nitro benzene ring substituents is 1. The molecule has 0 unspecified atom stereocenters. The van der Waals surface area contributed by atoms with Crippen molar-refractivity contribution < 1.29 is 36.0 Å². The smallest absolute Gasteiger partial charge is 0.495 e. The molecule has 12 heteroatoms. The highest BCUT2D eigenvalue weighted by molar-refractivity contribution is 7.92. The molecule has 0 saturated heterocycles. The Balaban J connectivity index is 2.31. The van der Waals surface area contributed by atoms with Gasteiger partial charge in [-0.2, -0.15) is 0 Å². The van der Waals surface area contributed by atoms with Crippen molar-refractivity contribution in [1.29, 1.82) is 0 Å². The zero-order valence-corrected chi connectivity index (χ0v) is 13.8. The van der Waals surface area contributed by atoms with Gasteiger partial charge in [0.25, 0.3) is 15.7 Å². The van der Waals surface area contributed by atoms with E-state index < -0.39 is 27.1 Å². The van der Waals surface area contributed by atoms with E-state index in [1.807, 2.05) is 0 Å². The molecule has 1 N–H and O–H groups in total. The van der Waals surface area contributed by atoms with Crippen LogP contribution in [0.25, 0.3) is 0 Å². The fraction of sp³-hybridized carbons (Fsp3) is 0.143. The van der Waals surface area contributed by atoms with Crippen molar-refractivity contribution in [3.63, 3.8) is 0 Å². The van der Waals surface area contributed by atoms with E-state index in [0.717, 1.165) is 36.4 Å². The first-order valence-electron chi connectivity index (χ1n) is 6.73. The SMILES string of the molecule is COc1ccc([N+](=O)[O-])cc1NS(=O)(=O)c1ccc(OC(F)(F)F)cc1. The van der Waals surface area contributed by atoms with Crippen LogP contribution in [0.2, 0.25) is 0 Å². The van der Waals surface area contributed by atoms with Crippen molar-refractivity contribution in [2.75, 3.05) is 11.8 Å². The van der Waals surface area contributed by atoms with Crippen molar-refractivity contribution in [3.05, 3.63) is 52.6 Å². The minimum atomic E-state index is -4.91. The van der Waals surface area contributed by atoms with Gasteiger partial charge in [0.2, 0.25) is 0 Å². The standard InChI is InChI=1S/C14H11F3N2O6S/c1-24-13-7-2-9(19(20)21)8-12(13)18-26(22,23)11-5-3-10(4-6-11)25-14(15,16)17/h2-8,18H,1H3. The van der Waals surface area contributed by atoms with Gasteiger partial charge in [-0.05, 0) is 30.3 Å². The lowest BCUT2D eigenvalue weighted by molar-refractivity contribution is -0.384. The van der Waals surface area contributed by atoms with Gasteiger partial charge in [-0.25, -0.2) is 8.42 Å². The molecule has 0 aliphatic rings. The van der Waals surface area contributed by atoms with E-state index >= 15 is 0 Å². The topological polar surface area (TPSA) is 108 Å². The molecule has 0 amide bonds. The predicted molar refractivity (Wildman–Crippen MR) is 83.6 cm³/mol. The van der Waals surface area contributed by atoms with Gasteiger partial charge in [0.1, 0.15) is 11.5 Å². The van der Waals surface area contributed by atoms with Crippen molar-refractivity contribution >= 4 is 21.4 Å². The first-order chi connectivity index (χ1) is 12.0. The molecule has 0 spiro atoms. The van der Waals surface area contributed by atoms with E-state index in [2.05, 4.69) is 9.46 Å². The molecule has 0 aliphatic heterocycles. The van der Waals surface area contributed by atoms with E-state index in [-0.39, 0.29) is 22.0 Å². The lowest BCUT2D eigenvalue weighted by Gasteiger charge is -2.12. The number of rotatable bonds is 6. The summed E-state index contributed by atoms with van der Waals surface area (Å²) in [5, 5.41) is 10.8. The average Bonchev–Trinajstić information content (AvgIpc) is 2.53. The monoisotopic (exact) mass is 392 g/mol. The lowest BCUT2D eigenvalue weighted by Crippen LogP contribution is -2.17. The van der Waals surface area contributed by atoms with Gasteiger partial charge in [-0.1, -0.05) is 0 Å². The summed E-state index contributed by atoms with van der Waals surface area (Å²) in [5.74, 6) is -0.569. The van der Waals surface area contributed by atoms with Gasteiger partial charge in [0.15, 0.2) is 0 Å². The number of nitrogens with zero attached hydrogens (tertiary/aromatic N) is 1. The summed E-state index contributed by atoms with van der Waals surface area (Å²) in [6.07, 6.45) is -4.91. The first kappa shape index (κ1) is 19.3. The van der Waals surface area contributed by atoms with E-state index in [4.69, 9.17) is 4.74 Å². The molecule has 0 aliphatic carbocycles. The Labute approximate surface area is 145 Å². The van der Waals surface area contributed by atoms with Crippen molar-refractivity contribution in [3.8, 4) is 11.5 Å². The summed E-state index contributed by atoms with van der Waals surface area (Å²) in [7, 11) is -3.00. The molecule has 140 valence electrons. The minimum absolute atomic E-state index is 0.0243. The number of ether oxygens (including phenoxy) is 2. The number of methoxy groups -OCH3 is 1. The number of nitrogens with one attached hydrogen (secondary N) is 1. The first-order valence-corrected chi connectivity index (χ1v) is 8.21. The van der Waals surface area contributed by atoms with E-state index in [9.17, 15) is 31.7 Å². The number of anilines is 1. The van der Waals surface area contributed by atoms with Crippen molar-refractivity contribution in [2.24, 2.45) is 0 Å². The van der Waals surface area contributed by atoms with Gasteiger partial charge in [0, 0.05) is 12.1 Å². The van der Waals surface area contributed by atoms with Crippen LogP contribution < -0.4 is 14.2 Å². The number of hydrogen-bond donors (Lipinski definition) is 1. The molecular weight excluding hydrogens is 381 g/mol. The second kappa shape index (κ2) is 7.07. The van der Waals surface area contributed by atoms with Gasteiger partial charge in [0.05, 0.1) is 22.6 Å². The van der Waals surface area contributed by atoms with Crippen LogP contribution in [0.15, 0.2) is 47.4 Å². The Morgan fingerprint density at radius 3 is 2.23 bits per heavy atom. The fourth-order valence-corrected chi connectivity index (χ4v) is 2.97. The van der Waals surface area contributed by atoms with Crippen LogP contribution in [-0.4, -0.2) is 26.8 Å². The normalized spacial score (nSPS) is 11.7. The second-order valence-electron chi connectivity index (χ2n) is 4.77. The molecule has 2 aromatic rings. The molecule has 0 atom stereocenters. The molecule has 8 nitrogen and oxygen atoms in total. The number of nitro benzene ring substituents is 1. The van der Waals surface area contributed by atoms with Gasteiger partial charge in [-0.3, -0.25) is 14.8 Å². The Morgan fingerprint density at radius 1 is 1.12 bits per heavy atom. The van der Waals surface area contributed by atoms with Gasteiger partial charge < -0.3 is 9.47 Å². The van der Waals surface area contributed by atoms with Crippen molar-refractivity contribution in [1.82, 2.24) is 0 Å². The summed E-state index contributed by atoms with van der Waals surface area (Å²) in [4.78, 5) is 9.73. The lowest BCUT2D eigenvalue weighted by atomic mass is 10.2. The highest BCUT2D eigenvalue weighted by Gasteiger charge is 2.31. The summed E-state index contributed by atoms with van der Waals surface area (Å²) < 4.78 is 71.8. The third-order valence-corrected chi connectivity index (χ3v) is 4.39. The Hall–Kier alpha value is -3.02. The van der Waals surface area contributed by atoms with Crippen LogP contribution in [0.3, 0.4) is 0 Å². The quantitative estimate of drug-likeness (QED) is 0.597. The van der Waals surface area contributed by atoms with Crippen LogP contribution in [0.5, 0.6) is 11.5 Å². The molecule has 0 radical (unpaired) electrons. The Morgan fingerprint density at radius 2 is 1.73 bits per heavy atom. The number of benzene rings is 2. The van der Waals surface area contributed by atoms with Gasteiger partial charge in [-0.15, -0.1) is 13.2 Å². The summed E-state index contributed by atoms with van der Waals surface area (Å²) >= 11 is 0. The maximum atomic E-state index is 12.3. The molecule has 2 rings (SSSR count). The molecule has 0 saturated carbocycles. The molecule has 0 aromatic heterocycles. The van der Waals surface area contributed by atoms with Crippen LogP contribution in [0, 0.1) is 10.1 Å². The summed E-state index contributed by atoms with van der Waals surface area (Å²) in [5.41, 5.74) is -0.574. The molecule has 0 heterocycles. The van der Waals surface area contributed by atoms with Crippen LogP contribution in [0.4, 0.5) is 24.5 Å². The van der Waals surface area contributed by atoms with Crippen LogP contribution in [0.1, 0.15) is 0 Å². The molecule has 26 heavy (non-hydrogen) atoms. The third-order valence-electron chi connectivity index (χ3n) is 3.01. The Bertz CT molecular complexity index is 913. The predicted octanol–water partition coefficient (Wildman–Crippen LogP) is 3.30. The number of hydrogen-bond acceptors (Lipinski definition) is 6. The van der Waals surface area contributed by atoms with Gasteiger partial charge >= 0.3 is 6.36 Å². The molecule has 2 aromatic carbocycles. The number of nitro groups is 1. The van der Waals surface area contributed by atoms with E-state index in [1.54, 1.807) is 0 Å². The molecule has 0 fully saturated rings.